The molecule has 1 aromatic rings. The maximum absolute atomic E-state index is 5.90. The summed E-state index contributed by atoms with van der Waals surface area (Å²) in [5.74, 6) is 0.591. The molecule has 1 aliphatic carbocycles. The molecule has 88 valence electrons. The maximum Gasteiger partial charge on any atom is 0.189 e. The lowest BCUT2D eigenvalue weighted by molar-refractivity contribution is 0.674. The summed E-state index contributed by atoms with van der Waals surface area (Å²) in [4.78, 5) is 5.81. The molecule has 0 bridgehead atoms. The molecule has 1 aliphatic rings. The van der Waals surface area contributed by atoms with Crippen molar-refractivity contribution < 1.29 is 0 Å². The molecule has 0 aromatic carbocycles. The van der Waals surface area contributed by atoms with E-state index in [1.54, 1.807) is 11.3 Å². The van der Waals surface area contributed by atoms with E-state index in [1.165, 1.54) is 30.6 Å². The van der Waals surface area contributed by atoms with Gasteiger partial charge in [-0.2, -0.15) is 0 Å². The molecule has 1 saturated carbocycles. The zero-order valence-electron chi connectivity index (χ0n) is 9.65. The highest BCUT2D eigenvalue weighted by atomic mass is 32.1. The van der Waals surface area contributed by atoms with E-state index < -0.39 is 0 Å². The summed E-state index contributed by atoms with van der Waals surface area (Å²) in [5.41, 5.74) is 5.90. The Morgan fingerprint density at radius 2 is 2.31 bits per heavy atom. The maximum atomic E-state index is 5.90. The first-order chi connectivity index (χ1) is 7.75. The van der Waals surface area contributed by atoms with Crippen molar-refractivity contribution in [1.29, 1.82) is 0 Å². The van der Waals surface area contributed by atoms with E-state index in [9.17, 15) is 0 Å². The van der Waals surface area contributed by atoms with Crippen molar-refractivity contribution in [3.05, 3.63) is 22.4 Å². The van der Waals surface area contributed by atoms with Crippen molar-refractivity contribution in [3.8, 4) is 0 Å². The van der Waals surface area contributed by atoms with Gasteiger partial charge < -0.3 is 11.1 Å². The smallest absolute Gasteiger partial charge is 0.189 e. The zero-order chi connectivity index (χ0) is 11.4. The van der Waals surface area contributed by atoms with E-state index >= 15 is 0 Å². The normalized spacial score (nSPS) is 19.9. The van der Waals surface area contributed by atoms with Gasteiger partial charge in [0.1, 0.15) is 0 Å². The number of thiophene rings is 1. The van der Waals surface area contributed by atoms with Crippen LogP contribution in [-0.2, 0) is 0 Å². The third-order valence-electron chi connectivity index (χ3n) is 2.98. The van der Waals surface area contributed by atoms with Crippen LogP contribution in [0.2, 0.25) is 0 Å². The number of guanidine groups is 1. The Kier molecular flexibility index (Phi) is 3.83. The van der Waals surface area contributed by atoms with Crippen LogP contribution in [0.15, 0.2) is 22.5 Å². The first-order valence-corrected chi connectivity index (χ1v) is 6.77. The van der Waals surface area contributed by atoms with Crippen molar-refractivity contribution in [1.82, 2.24) is 5.32 Å². The van der Waals surface area contributed by atoms with Crippen molar-refractivity contribution in [2.75, 3.05) is 0 Å². The van der Waals surface area contributed by atoms with Crippen LogP contribution in [0.3, 0.4) is 0 Å². The fraction of sp³-hybridized carbons (Fsp3) is 0.583. The molecule has 16 heavy (non-hydrogen) atoms. The summed E-state index contributed by atoms with van der Waals surface area (Å²) in [6.07, 6.45) is 4.97. The third-order valence-corrected chi connectivity index (χ3v) is 4.04. The van der Waals surface area contributed by atoms with Gasteiger partial charge in [0.2, 0.25) is 0 Å². The Labute approximate surface area is 101 Å². The lowest BCUT2D eigenvalue weighted by atomic mass is 10.2. The molecule has 1 unspecified atom stereocenters. The Bertz CT molecular complexity index is 339. The van der Waals surface area contributed by atoms with Gasteiger partial charge in [0.15, 0.2) is 5.96 Å². The molecular weight excluding hydrogens is 218 g/mol. The minimum atomic E-state index is 0.255. The van der Waals surface area contributed by atoms with E-state index in [-0.39, 0.29) is 6.04 Å². The van der Waals surface area contributed by atoms with Crippen LogP contribution >= 0.6 is 11.3 Å². The molecule has 4 heteroatoms. The standard InChI is InChI=1S/C12H19N3S/c1-9(11-7-4-8-16-11)14-12(13)15-10-5-2-3-6-10/h4,7-10H,2-3,5-6H2,1H3,(H3,13,14,15). The van der Waals surface area contributed by atoms with Gasteiger partial charge in [0.05, 0.1) is 12.1 Å². The molecule has 0 radical (unpaired) electrons. The number of nitrogens with one attached hydrogen (secondary N) is 1. The Hall–Kier alpha value is -1.03. The van der Waals surface area contributed by atoms with E-state index in [4.69, 9.17) is 5.73 Å². The fourth-order valence-electron chi connectivity index (χ4n) is 2.10. The first kappa shape index (κ1) is 11.5. The highest BCUT2D eigenvalue weighted by Gasteiger charge is 2.14. The van der Waals surface area contributed by atoms with E-state index in [0.717, 1.165) is 0 Å². The molecule has 3 nitrogen and oxygen atoms in total. The molecule has 1 aromatic heterocycles. The van der Waals surface area contributed by atoms with Crippen molar-refractivity contribution in [3.63, 3.8) is 0 Å². The number of nitrogens with zero attached hydrogens (tertiary/aromatic N) is 1. The van der Waals surface area contributed by atoms with Crippen LogP contribution in [0.5, 0.6) is 0 Å². The Morgan fingerprint density at radius 1 is 1.56 bits per heavy atom. The largest absolute Gasteiger partial charge is 0.370 e. The second-order valence-corrected chi connectivity index (χ2v) is 5.31. The quantitative estimate of drug-likeness (QED) is 0.627. The molecule has 2 rings (SSSR count). The third kappa shape index (κ3) is 2.98. The van der Waals surface area contributed by atoms with E-state index in [1.807, 2.05) is 0 Å². The SMILES string of the molecule is CC(NC(N)=NC1CCCC1)c1cccs1. The molecule has 0 saturated heterocycles. The highest BCUT2D eigenvalue weighted by Crippen LogP contribution is 2.21. The monoisotopic (exact) mass is 237 g/mol. The number of nitrogens with two attached hydrogens (primary N) is 1. The molecule has 1 atom stereocenters. The molecular formula is C12H19N3S. The summed E-state index contributed by atoms with van der Waals surface area (Å²) < 4.78 is 0. The first-order valence-electron chi connectivity index (χ1n) is 5.89. The Balaban J connectivity index is 1.88. The van der Waals surface area contributed by atoms with Gasteiger partial charge in [-0.05, 0) is 31.2 Å². The molecule has 0 spiro atoms. The van der Waals surface area contributed by atoms with Crippen molar-refractivity contribution in [2.45, 2.75) is 44.7 Å². The van der Waals surface area contributed by atoms with Crippen LogP contribution in [0.25, 0.3) is 0 Å². The second kappa shape index (κ2) is 5.34. The van der Waals surface area contributed by atoms with Gasteiger partial charge >= 0.3 is 0 Å². The van der Waals surface area contributed by atoms with Crippen molar-refractivity contribution >= 4 is 17.3 Å². The van der Waals surface area contributed by atoms with E-state index in [2.05, 4.69) is 34.7 Å². The molecule has 1 heterocycles. The lowest BCUT2D eigenvalue weighted by Crippen LogP contribution is -2.34. The number of aliphatic imine (C=N–C) groups is 1. The lowest BCUT2D eigenvalue weighted by Gasteiger charge is -2.14. The molecule has 3 N–H and O–H groups in total. The van der Waals surface area contributed by atoms with Crippen LogP contribution < -0.4 is 11.1 Å². The minimum Gasteiger partial charge on any atom is -0.370 e. The van der Waals surface area contributed by atoms with Gasteiger partial charge in [-0.15, -0.1) is 11.3 Å². The van der Waals surface area contributed by atoms with Gasteiger partial charge in [0, 0.05) is 4.88 Å². The predicted molar refractivity (Wildman–Crippen MR) is 69.7 cm³/mol. The van der Waals surface area contributed by atoms with Gasteiger partial charge in [0.25, 0.3) is 0 Å². The average Bonchev–Trinajstić information content (AvgIpc) is 2.88. The zero-order valence-corrected chi connectivity index (χ0v) is 10.5. The number of rotatable bonds is 3. The Morgan fingerprint density at radius 3 is 2.94 bits per heavy atom. The van der Waals surface area contributed by atoms with E-state index in [0.29, 0.717) is 12.0 Å². The van der Waals surface area contributed by atoms with Crippen LogP contribution in [0.1, 0.15) is 43.5 Å². The van der Waals surface area contributed by atoms with Gasteiger partial charge in [-0.3, -0.25) is 4.99 Å². The summed E-state index contributed by atoms with van der Waals surface area (Å²) >= 11 is 1.74. The second-order valence-electron chi connectivity index (χ2n) is 4.33. The highest BCUT2D eigenvalue weighted by molar-refractivity contribution is 7.10. The fourth-order valence-corrected chi connectivity index (χ4v) is 2.83. The van der Waals surface area contributed by atoms with Gasteiger partial charge in [-0.25, -0.2) is 0 Å². The summed E-state index contributed by atoms with van der Waals surface area (Å²) in [6, 6.07) is 4.88. The van der Waals surface area contributed by atoms with Crippen LogP contribution in [-0.4, -0.2) is 12.0 Å². The van der Waals surface area contributed by atoms with Crippen LogP contribution in [0.4, 0.5) is 0 Å². The minimum absolute atomic E-state index is 0.255. The summed E-state index contributed by atoms with van der Waals surface area (Å²) in [6.45, 7) is 2.11. The number of hydrogen-bond donors (Lipinski definition) is 2. The van der Waals surface area contributed by atoms with Crippen LogP contribution in [0, 0.1) is 0 Å². The molecule has 0 aliphatic heterocycles. The summed E-state index contributed by atoms with van der Waals surface area (Å²) in [7, 11) is 0. The molecule has 0 amide bonds. The van der Waals surface area contributed by atoms with Crippen molar-refractivity contribution in [2.24, 2.45) is 10.7 Å². The number of hydrogen-bond acceptors (Lipinski definition) is 2. The molecule has 1 fully saturated rings. The average molecular weight is 237 g/mol. The predicted octanol–water partition coefficient (Wildman–Crippen LogP) is 2.66. The van der Waals surface area contributed by atoms with Gasteiger partial charge in [-0.1, -0.05) is 18.9 Å². The summed E-state index contributed by atoms with van der Waals surface area (Å²) in [5, 5.41) is 5.33. The topological polar surface area (TPSA) is 50.4 Å².